The second-order valence-corrected chi connectivity index (χ2v) is 6.51. The van der Waals surface area contributed by atoms with E-state index in [-0.39, 0.29) is 18.7 Å². The van der Waals surface area contributed by atoms with Crippen molar-refractivity contribution in [2.45, 2.75) is 13.3 Å². The molecule has 0 saturated heterocycles. The van der Waals surface area contributed by atoms with Crippen LogP contribution >= 0.6 is 0 Å². The van der Waals surface area contributed by atoms with Crippen LogP contribution in [-0.4, -0.2) is 39.6 Å². The van der Waals surface area contributed by atoms with Crippen molar-refractivity contribution in [1.29, 1.82) is 0 Å². The van der Waals surface area contributed by atoms with E-state index in [0.29, 0.717) is 12.5 Å². The molecule has 1 aromatic heterocycles. The second-order valence-electron chi connectivity index (χ2n) is 6.51. The summed E-state index contributed by atoms with van der Waals surface area (Å²) in [7, 11) is 0. The van der Waals surface area contributed by atoms with Crippen LogP contribution in [0, 0.1) is 17.5 Å². The zero-order valence-corrected chi connectivity index (χ0v) is 16.1. The first-order chi connectivity index (χ1) is 14.4. The molecule has 3 rings (SSSR count). The van der Waals surface area contributed by atoms with Crippen molar-refractivity contribution in [2.75, 3.05) is 18.4 Å². The first kappa shape index (κ1) is 21.1. The highest BCUT2D eigenvalue weighted by molar-refractivity contribution is 5.99. The van der Waals surface area contributed by atoms with E-state index in [1.165, 1.54) is 15.8 Å². The Bertz CT molecular complexity index is 1050. The van der Waals surface area contributed by atoms with E-state index >= 15 is 0 Å². The van der Waals surface area contributed by atoms with Crippen LogP contribution in [0.25, 0.3) is 5.69 Å². The third kappa shape index (κ3) is 4.68. The summed E-state index contributed by atoms with van der Waals surface area (Å²) in [5.41, 5.74) is 0.545. The van der Waals surface area contributed by atoms with Gasteiger partial charge in [-0.2, -0.15) is 5.10 Å². The topological polar surface area (TPSA) is 67.2 Å². The third-order valence-electron chi connectivity index (χ3n) is 4.27. The van der Waals surface area contributed by atoms with Gasteiger partial charge >= 0.3 is 0 Å². The van der Waals surface area contributed by atoms with Crippen LogP contribution in [0.2, 0.25) is 0 Å². The van der Waals surface area contributed by atoms with Crippen LogP contribution in [0.15, 0.2) is 54.9 Å². The van der Waals surface area contributed by atoms with Crippen molar-refractivity contribution >= 4 is 17.5 Å². The molecule has 0 unspecified atom stereocenters. The Morgan fingerprint density at radius 1 is 1.07 bits per heavy atom. The first-order valence-electron chi connectivity index (χ1n) is 9.23. The van der Waals surface area contributed by atoms with Crippen molar-refractivity contribution in [1.82, 2.24) is 14.7 Å². The first-order valence-corrected chi connectivity index (χ1v) is 9.23. The number of aromatic nitrogens is 2. The van der Waals surface area contributed by atoms with Crippen molar-refractivity contribution in [2.24, 2.45) is 0 Å². The Morgan fingerprint density at radius 3 is 2.50 bits per heavy atom. The number of nitrogens with one attached hydrogen (secondary N) is 1. The molecule has 3 aromatic rings. The molecule has 0 bridgehead atoms. The number of hydrogen-bond donors (Lipinski definition) is 1. The van der Waals surface area contributed by atoms with Crippen molar-refractivity contribution in [3.63, 3.8) is 0 Å². The summed E-state index contributed by atoms with van der Waals surface area (Å²) in [4.78, 5) is 26.4. The number of amides is 2. The third-order valence-corrected chi connectivity index (χ3v) is 4.27. The number of para-hydroxylation sites is 1. The fourth-order valence-corrected chi connectivity index (χ4v) is 2.85. The Kier molecular flexibility index (Phi) is 6.51. The second kappa shape index (κ2) is 9.25. The molecule has 0 radical (unpaired) electrons. The van der Waals surface area contributed by atoms with E-state index in [0.717, 1.165) is 11.8 Å². The highest BCUT2D eigenvalue weighted by Gasteiger charge is 2.21. The summed E-state index contributed by atoms with van der Waals surface area (Å²) in [5, 5.41) is 6.34. The summed E-state index contributed by atoms with van der Waals surface area (Å²) in [6.07, 6.45) is 3.52. The molecule has 9 heteroatoms. The zero-order chi connectivity index (χ0) is 21.7. The number of halogens is 3. The van der Waals surface area contributed by atoms with E-state index in [1.807, 2.05) is 37.3 Å². The van der Waals surface area contributed by atoms with E-state index < -0.39 is 35.0 Å². The maximum Gasteiger partial charge on any atom is 0.257 e. The van der Waals surface area contributed by atoms with Gasteiger partial charge < -0.3 is 10.2 Å². The van der Waals surface area contributed by atoms with E-state index in [9.17, 15) is 22.8 Å². The number of nitrogens with zero attached hydrogens (tertiary/aromatic N) is 3. The Labute approximate surface area is 170 Å². The largest absolute Gasteiger partial charge is 0.329 e. The average molecular weight is 416 g/mol. The monoisotopic (exact) mass is 416 g/mol. The lowest BCUT2D eigenvalue weighted by atomic mass is 10.2. The summed E-state index contributed by atoms with van der Waals surface area (Å²) in [5.74, 6) is -5.70. The van der Waals surface area contributed by atoms with Gasteiger partial charge in [-0.3, -0.25) is 9.59 Å². The maximum absolute atomic E-state index is 13.8. The smallest absolute Gasteiger partial charge is 0.257 e. The molecule has 2 aromatic carbocycles. The minimum Gasteiger partial charge on any atom is -0.329 e. The number of rotatable bonds is 7. The van der Waals surface area contributed by atoms with Crippen LogP contribution in [-0.2, 0) is 4.79 Å². The number of carbonyl (C=O) groups is 2. The molecule has 6 nitrogen and oxygen atoms in total. The van der Waals surface area contributed by atoms with Crippen molar-refractivity contribution in [3.05, 3.63) is 77.9 Å². The molecule has 0 aliphatic heterocycles. The highest BCUT2D eigenvalue weighted by Crippen LogP contribution is 2.19. The van der Waals surface area contributed by atoms with Gasteiger partial charge in [0.05, 0.1) is 23.1 Å². The summed E-state index contributed by atoms with van der Waals surface area (Å²) >= 11 is 0. The lowest BCUT2D eigenvalue weighted by Gasteiger charge is -2.21. The lowest BCUT2D eigenvalue weighted by Crippen LogP contribution is -2.38. The predicted molar refractivity (Wildman–Crippen MR) is 105 cm³/mol. The molecule has 0 aliphatic carbocycles. The lowest BCUT2D eigenvalue weighted by molar-refractivity contribution is -0.116. The maximum atomic E-state index is 13.8. The molecule has 0 aliphatic rings. The van der Waals surface area contributed by atoms with E-state index in [4.69, 9.17) is 0 Å². The van der Waals surface area contributed by atoms with Crippen molar-refractivity contribution in [3.8, 4) is 5.69 Å². The Balaban J connectivity index is 1.72. The van der Waals surface area contributed by atoms with E-state index in [2.05, 4.69) is 10.4 Å². The Hall–Kier alpha value is -3.62. The molecule has 0 atom stereocenters. The van der Waals surface area contributed by atoms with Crippen LogP contribution in [0.1, 0.15) is 23.7 Å². The molecule has 1 heterocycles. The van der Waals surface area contributed by atoms with Crippen LogP contribution in [0.3, 0.4) is 0 Å². The number of benzene rings is 2. The molecule has 0 fully saturated rings. The molecule has 1 N–H and O–H groups in total. The molecular formula is C21H19F3N4O2. The fraction of sp³-hybridized carbons (Fsp3) is 0.190. The van der Waals surface area contributed by atoms with E-state index in [1.54, 1.807) is 6.20 Å². The molecule has 0 spiro atoms. The Morgan fingerprint density at radius 2 is 1.80 bits per heavy atom. The van der Waals surface area contributed by atoms with Gasteiger partial charge in [-0.25, -0.2) is 17.9 Å². The van der Waals surface area contributed by atoms with Gasteiger partial charge in [0.2, 0.25) is 5.91 Å². The zero-order valence-electron chi connectivity index (χ0n) is 16.1. The van der Waals surface area contributed by atoms with Gasteiger partial charge in [0, 0.05) is 12.7 Å². The van der Waals surface area contributed by atoms with Gasteiger partial charge in [0.15, 0.2) is 17.5 Å². The standard InChI is InChI=1S/C21H19F3N4O2/c1-2-10-27(13-18(29)26-17-9-8-16(22)19(23)20(17)24)21(30)14-11-25-28(12-14)15-6-4-3-5-7-15/h3-9,11-12H,2,10,13H2,1H3,(H,26,29). The molecular weight excluding hydrogens is 397 g/mol. The summed E-state index contributed by atoms with van der Waals surface area (Å²) in [6.45, 7) is 1.71. The van der Waals surface area contributed by atoms with Gasteiger partial charge in [0.1, 0.15) is 6.54 Å². The quantitative estimate of drug-likeness (QED) is 0.596. The van der Waals surface area contributed by atoms with Crippen LogP contribution in [0.5, 0.6) is 0 Å². The van der Waals surface area contributed by atoms with Gasteiger partial charge in [-0.1, -0.05) is 25.1 Å². The number of anilines is 1. The minimum atomic E-state index is -1.68. The number of carbonyl (C=O) groups excluding carboxylic acids is 2. The molecule has 30 heavy (non-hydrogen) atoms. The minimum absolute atomic E-state index is 0.267. The predicted octanol–water partition coefficient (Wildman–Crippen LogP) is 3.78. The molecule has 0 saturated carbocycles. The summed E-state index contributed by atoms with van der Waals surface area (Å²) in [6, 6.07) is 10.8. The van der Waals surface area contributed by atoms with Gasteiger partial charge in [-0.05, 0) is 30.7 Å². The molecule has 156 valence electrons. The van der Waals surface area contributed by atoms with Crippen LogP contribution < -0.4 is 5.32 Å². The summed E-state index contributed by atoms with van der Waals surface area (Å²) < 4.78 is 41.7. The van der Waals surface area contributed by atoms with Gasteiger partial charge in [-0.15, -0.1) is 0 Å². The average Bonchev–Trinajstić information content (AvgIpc) is 3.24. The SMILES string of the molecule is CCCN(CC(=O)Nc1ccc(F)c(F)c1F)C(=O)c1cnn(-c2ccccc2)c1. The normalized spacial score (nSPS) is 10.7. The highest BCUT2D eigenvalue weighted by atomic mass is 19.2. The van der Waals surface area contributed by atoms with Crippen molar-refractivity contribution < 1.29 is 22.8 Å². The van der Waals surface area contributed by atoms with Gasteiger partial charge in [0.25, 0.3) is 5.91 Å². The fourth-order valence-electron chi connectivity index (χ4n) is 2.85. The molecule has 2 amide bonds. The number of hydrogen-bond acceptors (Lipinski definition) is 3. The van der Waals surface area contributed by atoms with Crippen LogP contribution in [0.4, 0.5) is 18.9 Å².